The molecule has 4 aliphatic carbocycles. The van der Waals surface area contributed by atoms with Gasteiger partial charge in [-0.25, -0.2) is 0 Å². The average molecular weight is 688 g/mol. The molecule has 0 spiro atoms. The van der Waals surface area contributed by atoms with Gasteiger partial charge in [0, 0.05) is 29.1 Å². The van der Waals surface area contributed by atoms with Gasteiger partial charge in [0.2, 0.25) is 0 Å². The Morgan fingerprint density at radius 1 is 0.378 bits per heavy atom. The molecule has 13 heteroatoms. The van der Waals surface area contributed by atoms with Gasteiger partial charge in [-0.1, -0.05) is 44.9 Å². The SMILES string of the molecule is O=[S-](=O)OC1CCCC2C3NC4NC(NC5NC(NC6NC(NC(N3)C12)C1CCCCC61)C1CCCCC51)C1CCCCC41.[Fe]. The smallest absolute Gasteiger partial charge is 0.0653 e. The van der Waals surface area contributed by atoms with Crippen LogP contribution >= 0.6 is 0 Å². The molecule has 17 unspecified atom stereocenters. The fraction of sp³-hybridized carbons (Fsp3) is 1.00. The topological polar surface area (TPSA) is 140 Å². The molecular weight excluding hydrogens is 632 g/mol. The molecule has 0 aromatic rings. The quantitative estimate of drug-likeness (QED) is 0.159. The van der Waals surface area contributed by atoms with Gasteiger partial charge in [0.25, 0.3) is 0 Å². The molecular formula is C32H55FeN8O3S-. The maximum atomic E-state index is 11.8. The van der Waals surface area contributed by atoms with Gasteiger partial charge in [0.1, 0.15) is 0 Å². The summed E-state index contributed by atoms with van der Waals surface area (Å²) in [6, 6.07) is 0. The summed E-state index contributed by atoms with van der Waals surface area (Å²) in [6.45, 7) is 0. The third-order valence-corrected chi connectivity index (χ3v) is 14.4. The van der Waals surface area contributed by atoms with Crippen molar-refractivity contribution in [3.63, 3.8) is 0 Å². The second-order valence-electron chi connectivity index (χ2n) is 16.0. The van der Waals surface area contributed by atoms with Crippen molar-refractivity contribution in [2.24, 2.45) is 47.3 Å². The summed E-state index contributed by atoms with van der Waals surface area (Å²) in [5.41, 5.74) is 0. The van der Waals surface area contributed by atoms with E-state index in [1.165, 1.54) is 77.0 Å². The minimum absolute atomic E-state index is 0. The van der Waals surface area contributed by atoms with Crippen molar-refractivity contribution in [1.82, 2.24) is 42.5 Å². The molecule has 17 atom stereocenters. The summed E-state index contributed by atoms with van der Waals surface area (Å²) in [5, 5.41) is 32.9. The molecule has 8 N–H and O–H groups in total. The zero-order valence-electron chi connectivity index (χ0n) is 26.4. The van der Waals surface area contributed by atoms with Crippen LogP contribution in [-0.2, 0) is 40.7 Å². The van der Waals surface area contributed by atoms with Crippen molar-refractivity contribution in [2.45, 2.75) is 152 Å². The Hall–Kier alpha value is 0.109. The molecule has 5 saturated heterocycles. The van der Waals surface area contributed by atoms with E-state index in [-0.39, 0.29) is 59.9 Å². The van der Waals surface area contributed by atoms with E-state index in [1.54, 1.807) is 0 Å². The Kier molecular flexibility index (Phi) is 9.65. The van der Waals surface area contributed by atoms with E-state index < -0.39 is 11.0 Å². The van der Waals surface area contributed by atoms with E-state index in [0.717, 1.165) is 19.3 Å². The minimum Gasteiger partial charge on any atom is -0.421 e. The van der Waals surface area contributed by atoms with Gasteiger partial charge < -0.3 is 12.6 Å². The van der Waals surface area contributed by atoms with Gasteiger partial charge in [-0.2, -0.15) is 0 Å². The first-order valence-corrected chi connectivity index (χ1v) is 19.5. The van der Waals surface area contributed by atoms with Crippen molar-refractivity contribution in [2.75, 3.05) is 0 Å². The molecule has 45 heavy (non-hydrogen) atoms. The predicted molar refractivity (Wildman–Crippen MR) is 166 cm³/mol. The van der Waals surface area contributed by atoms with Gasteiger partial charge in [-0.3, -0.25) is 42.5 Å². The first-order valence-electron chi connectivity index (χ1n) is 18.5. The van der Waals surface area contributed by atoms with E-state index in [4.69, 9.17) is 4.18 Å². The Morgan fingerprint density at radius 3 is 1.00 bits per heavy atom. The summed E-state index contributed by atoms with van der Waals surface area (Å²) < 4.78 is 29.3. The van der Waals surface area contributed by atoms with Crippen LogP contribution in [0.4, 0.5) is 0 Å². The van der Waals surface area contributed by atoms with Crippen LogP contribution in [0, 0.1) is 47.3 Å². The molecule has 11 nitrogen and oxygen atoms in total. The van der Waals surface area contributed by atoms with Crippen LogP contribution in [0.25, 0.3) is 0 Å². The molecule has 8 bridgehead atoms. The Balaban J connectivity index is 0.00000300. The van der Waals surface area contributed by atoms with E-state index in [0.29, 0.717) is 59.9 Å². The zero-order valence-corrected chi connectivity index (χ0v) is 28.3. The molecule has 5 aliphatic heterocycles. The number of fused-ring (bicyclic) bond motifs is 20. The first kappa shape index (κ1) is 32.3. The van der Waals surface area contributed by atoms with Crippen LogP contribution in [0.2, 0.25) is 0 Å². The Labute approximate surface area is 281 Å². The van der Waals surface area contributed by atoms with Crippen molar-refractivity contribution in [1.29, 1.82) is 0 Å². The number of hydrogen-bond donors (Lipinski definition) is 8. The zero-order chi connectivity index (χ0) is 29.4. The standard InChI is InChI=1S/C32H55N8O3S.Fe/c41-44(42)43-23-15-7-14-22-24(23)32-39-30-21-13-6-5-12-20(21)28(37-30)35-26-17-9-2-1-8-16(17)25(33-26)34-27-18-10-3-4-11-19(18)29(36-27)38-31(22)40-32;/h16-40H,1-15H2;/q-1;. The molecule has 0 radical (unpaired) electrons. The summed E-state index contributed by atoms with van der Waals surface area (Å²) in [7, 11) is -2.51. The van der Waals surface area contributed by atoms with Crippen LogP contribution in [-0.4, -0.2) is 55.4 Å². The van der Waals surface area contributed by atoms with Crippen LogP contribution in [0.5, 0.6) is 0 Å². The van der Waals surface area contributed by atoms with Gasteiger partial charge in [-0.15, -0.1) is 0 Å². The second kappa shape index (κ2) is 13.4. The van der Waals surface area contributed by atoms with Crippen LogP contribution in [0.3, 0.4) is 0 Å². The van der Waals surface area contributed by atoms with Crippen LogP contribution < -0.4 is 42.5 Å². The maximum absolute atomic E-state index is 11.8. The molecule has 0 aromatic heterocycles. The van der Waals surface area contributed by atoms with E-state index in [9.17, 15) is 8.42 Å². The van der Waals surface area contributed by atoms with Gasteiger partial charge in [0.05, 0.1) is 60.3 Å². The maximum Gasteiger partial charge on any atom is 0.0653 e. The predicted octanol–water partition coefficient (Wildman–Crippen LogP) is 1.82. The summed E-state index contributed by atoms with van der Waals surface area (Å²) in [4.78, 5) is 0. The largest absolute Gasteiger partial charge is 0.421 e. The van der Waals surface area contributed by atoms with Gasteiger partial charge in [-0.05, 0) is 92.8 Å². The molecule has 9 fully saturated rings. The summed E-state index contributed by atoms with van der Waals surface area (Å²) in [6.07, 6.45) is 20.0. The number of nitrogens with one attached hydrogen (secondary N) is 8. The molecule has 256 valence electrons. The van der Waals surface area contributed by atoms with Crippen molar-refractivity contribution in [3.8, 4) is 0 Å². The van der Waals surface area contributed by atoms with Crippen molar-refractivity contribution < 1.29 is 29.7 Å². The molecule has 0 aromatic carbocycles. The third-order valence-electron chi connectivity index (χ3n) is 14.0. The fourth-order valence-electron chi connectivity index (χ4n) is 12.2. The summed E-state index contributed by atoms with van der Waals surface area (Å²) >= 11 is 0. The second-order valence-corrected chi connectivity index (χ2v) is 16.6. The molecule has 5 heterocycles. The van der Waals surface area contributed by atoms with Crippen molar-refractivity contribution in [3.05, 3.63) is 0 Å². The normalized spacial score (nSPS) is 54.0. The minimum atomic E-state index is -2.51. The van der Waals surface area contributed by atoms with Crippen LogP contribution in [0.15, 0.2) is 0 Å². The van der Waals surface area contributed by atoms with Crippen molar-refractivity contribution >= 4 is 11.0 Å². The van der Waals surface area contributed by atoms with Gasteiger partial charge >= 0.3 is 0 Å². The van der Waals surface area contributed by atoms with E-state index in [1.807, 2.05) is 0 Å². The Bertz CT molecular complexity index is 1130. The molecule has 4 saturated carbocycles. The monoisotopic (exact) mass is 687 g/mol. The summed E-state index contributed by atoms with van der Waals surface area (Å²) in [5.74, 6) is 4.16. The molecule has 9 rings (SSSR count). The van der Waals surface area contributed by atoms with E-state index in [2.05, 4.69) is 42.5 Å². The molecule has 9 aliphatic rings. The van der Waals surface area contributed by atoms with Crippen LogP contribution in [0.1, 0.15) is 96.3 Å². The average Bonchev–Trinajstić information content (AvgIpc) is 3.77. The van der Waals surface area contributed by atoms with E-state index >= 15 is 0 Å². The fourth-order valence-corrected chi connectivity index (χ4v) is 12.6. The number of rotatable bonds is 2. The number of hydrogen-bond acceptors (Lipinski definition) is 12. The Morgan fingerprint density at radius 2 is 0.667 bits per heavy atom. The van der Waals surface area contributed by atoms with Gasteiger partial charge in [0.15, 0.2) is 0 Å². The first-order chi connectivity index (χ1) is 21.6. The third kappa shape index (κ3) is 5.90. The molecule has 0 amide bonds.